The van der Waals surface area contributed by atoms with E-state index in [9.17, 15) is 5.11 Å². The Labute approximate surface area is 114 Å². The molecular formula is C15H21N3O. The molecule has 0 radical (unpaired) electrons. The smallest absolute Gasteiger partial charge is 0.127 e. The Balaban J connectivity index is 2.04. The van der Waals surface area contributed by atoms with Gasteiger partial charge in [-0.3, -0.25) is 0 Å². The minimum absolute atomic E-state index is 0.187. The lowest BCUT2D eigenvalue weighted by atomic mass is 9.83. The Morgan fingerprint density at radius 2 is 2.21 bits per heavy atom. The first-order valence-electron chi connectivity index (χ1n) is 7.07. The van der Waals surface area contributed by atoms with Gasteiger partial charge in [-0.1, -0.05) is 19.3 Å². The summed E-state index contributed by atoms with van der Waals surface area (Å²) in [7, 11) is 0. The fraction of sp³-hybridized carbons (Fsp3) is 0.600. The van der Waals surface area contributed by atoms with Crippen molar-refractivity contribution in [1.82, 2.24) is 4.98 Å². The molecule has 1 atom stereocenters. The fourth-order valence-corrected chi connectivity index (χ4v) is 2.87. The molecule has 1 aromatic heterocycles. The molecule has 4 nitrogen and oxygen atoms in total. The highest BCUT2D eigenvalue weighted by Crippen LogP contribution is 2.29. The molecule has 0 unspecified atom stereocenters. The molecule has 1 saturated carbocycles. The molecule has 2 N–H and O–H groups in total. The summed E-state index contributed by atoms with van der Waals surface area (Å²) >= 11 is 0. The predicted molar refractivity (Wildman–Crippen MR) is 74.6 cm³/mol. The third-order valence-corrected chi connectivity index (χ3v) is 3.88. The summed E-state index contributed by atoms with van der Waals surface area (Å²) in [5, 5.41) is 21.5. The minimum atomic E-state index is 0.187. The first kappa shape index (κ1) is 13.8. The second-order valence-electron chi connectivity index (χ2n) is 5.20. The molecule has 1 aliphatic carbocycles. The fourth-order valence-electron chi connectivity index (χ4n) is 2.87. The van der Waals surface area contributed by atoms with Crippen LogP contribution in [-0.2, 0) is 0 Å². The molecule has 0 amide bonds. The molecule has 2 rings (SSSR count). The lowest BCUT2D eigenvalue weighted by Gasteiger charge is -2.31. The predicted octanol–water partition coefficient (Wildman–Crippen LogP) is 2.70. The van der Waals surface area contributed by atoms with E-state index in [0.717, 1.165) is 12.2 Å². The van der Waals surface area contributed by atoms with E-state index in [1.165, 1.54) is 32.1 Å². The van der Waals surface area contributed by atoms with Crippen LogP contribution in [0.1, 0.15) is 44.1 Å². The zero-order valence-electron chi connectivity index (χ0n) is 11.2. The number of anilines is 1. The monoisotopic (exact) mass is 259 g/mol. The maximum atomic E-state index is 9.23. The van der Waals surface area contributed by atoms with Crippen LogP contribution in [0.25, 0.3) is 0 Å². The van der Waals surface area contributed by atoms with Gasteiger partial charge in [0.2, 0.25) is 0 Å². The number of hydrogen-bond acceptors (Lipinski definition) is 4. The van der Waals surface area contributed by atoms with Gasteiger partial charge >= 0.3 is 0 Å². The minimum Gasteiger partial charge on any atom is -0.396 e. The molecule has 0 bridgehead atoms. The van der Waals surface area contributed by atoms with Crippen LogP contribution in [-0.4, -0.2) is 22.7 Å². The van der Waals surface area contributed by atoms with Gasteiger partial charge in [0.15, 0.2) is 0 Å². The van der Waals surface area contributed by atoms with Crippen molar-refractivity contribution in [3.05, 3.63) is 23.9 Å². The van der Waals surface area contributed by atoms with Crippen molar-refractivity contribution in [2.45, 2.75) is 44.6 Å². The number of pyridine rings is 1. The van der Waals surface area contributed by atoms with Crippen LogP contribution in [0.5, 0.6) is 0 Å². The SMILES string of the molecule is N#Cc1ccnc(N[C@H](CCO)C2CCCCC2)c1. The maximum Gasteiger partial charge on any atom is 0.127 e. The molecule has 1 aliphatic rings. The number of aliphatic hydroxyl groups excluding tert-OH is 1. The second kappa shape index (κ2) is 7.10. The van der Waals surface area contributed by atoms with E-state index < -0.39 is 0 Å². The summed E-state index contributed by atoms with van der Waals surface area (Å²) < 4.78 is 0. The van der Waals surface area contributed by atoms with E-state index in [1.807, 2.05) is 0 Å². The Morgan fingerprint density at radius 3 is 2.89 bits per heavy atom. The highest BCUT2D eigenvalue weighted by atomic mass is 16.3. The lowest BCUT2D eigenvalue weighted by Crippen LogP contribution is -2.32. The van der Waals surface area contributed by atoms with Gasteiger partial charge in [-0.15, -0.1) is 0 Å². The van der Waals surface area contributed by atoms with Crippen molar-refractivity contribution in [3.63, 3.8) is 0 Å². The molecular weight excluding hydrogens is 238 g/mol. The standard InChI is InChI=1S/C15H21N3O/c16-11-12-6-8-17-15(10-12)18-14(7-9-19)13-4-2-1-3-5-13/h6,8,10,13-14,19H,1-5,7,9H2,(H,17,18)/t14-/m1/s1. The van der Waals surface area contributed by atoms with Crippen LogP contribution in [0.15, 0.2) is 18.3 Å². The normalized spacial score (nSPS) is 17.7. The Morgan fingerprint density at radius 1 is 1.42 bits per heavy atom. The highest BCUT2D eigenvalue weighted by Gasteiger charge is 2.23. The molecule has 0 spiro atoms. The van der Waals surface area contributed by atoms with Crippen molar-refractivity contribution in [2.75, 3.05) is 11.9 Å². The zero-order valence-corrected chi connectivity index (χ0v) is 11.2. The summed E-state index contributed by atoms with van der Waals surface area (Å²) in [5.74, 6) is 1.34. The number of nitriles is 1. The number of nitrogens with one attached hydrogen (secondary N) is 1. The van der Waals surface area contributed by atoms with E-state index >= 15 is 0 Å². The van der Waals surface area contributed by atoms with Crippen LogP contribution in [0.4, 0.5) is 5.82 Å². The molecule has 0 aliphatic heterocycles. The molecule has 1 heterocycles. The van der Waals surface area contributed by atoms with Gasteiger partial charge < -0.3 is 10.4 Å². The third-order valence-electron chi connectivity index (χ3n) is 3.88. The first-order valence-corrected chi connectivity index (χ1v) is 7.07. The quantitative estimate of drug-likeness (QED) is 0.853. The number of aromatic nitrogens is 1. The lowest BCUT2D eigenvalue weighted by molar-refractivity contribution is 0.239. The number of hydrogen-bond donors (Lipinski definition) is 2. The first-order chi connectivity index (χ1) is 9.33. The van der Waals surface area contributed by atoms with Crippen LogP contribution >= 0.6 is 0 Å². The summed E-state index contributed by atoms with van der Waals surface area (Å²) in [6.45, 7) is 0.187. The topological polar surface area (TPSA) is 68.9 Å². The van der Waals surface area contributed by atoms with Gasteiger partial charge in [0, 0.05) is 18.8 Å². The number of rotatable bonds is 5. The molecule has 4 heteroatoms. The van der Waals surface area contributed by atoms with Crippen molar-refractivity contribution in [1.29, 1.82) is 5.26 Å². The second-order valence-corrected chi connectivity index (χ2v) is 5.20. The van der Waals surface area contributed by atoms with Crippen LogP contribution in [0.2, 0.25) is 0 Å². The largest absolute Gasteiger partial charge is 0.396 e. The Kier molecular flexibility index (Phi) is 5.17. The summed E-state index contributed by atoms with van der Waals surface area (Å²) in [4.78, 5) is 4.26. The molecule has 0 saturated heterocycles. The average Bonchev–Trinajstić information content (AvgIpc) is 2.48. The zero-order chi connectivity index (χ0) is 13.5. The molecule has 19 heavy (non-hydrogen) atoms. The highest BCUT2D eigenvalue weighted by molar-refractivity contribution is 5.43. The van der Waals surface area contributed by atoms with E-state index in [2.05, 4.69) is 16.4 Å². The number of nitrogens with zero attached hydrogens (tertiary/aromatic N) is 2. The van der Waals surface area contributed by atoms with E-state index in [4.69, 9.17) is 5.26 Å². The van der Waals surface area contributed by atoms with Crippen LogP contribution in [0, 0.1) is 17.2 Å². The number of aliphatic hydroxyl groups is 1. The molecule has 0 aromatic carbocycles. The van der Waals surface area contributed by atoms with Gasteiger partial charge in [0.25, 0.3) is 0 Å². The summed E-state index contributed by atoms with van der Waals surface area (Å²) in [6, 6.07) is 5.85. The van der Waals surface area contributed by atoms with Gasteiger partial charge in [-0.25, -0.2) is 4.98 Å². The average molecular weight is 259 g/mol. The summed E-state index contributed by atoms with van der Waals surface area (Å²) in [6.07, 6.45) is 8.70. The maximum absolute atomic E-state index is 9.23. The van der Waals surface area contributed by atoms with Crippen LogP contribution < -0.4 is 5.32 Å². The Bertz CT molecular complexity index is 435. The van der Waals surface area contributed by atoms with Gasteiger partial charge in [0.05, 0.1) is 11.6 Å². The van der Waals surface area contributed by atoms with Crippen molar-refractivity contribution >= 4 is 5.82 Å². The molecule has 1 aromatic rings. The third kappa shape index (κ3) is 3.93. The van der Waals surface area contributed by atoms with Crippen LogP contribution in [0.3, 0.4) is 0 Å². The molecule has 102 valence electrons. The van der Waals surface area contributed by atoms with Gasteiger partial charge in [-0.2, -0.15) is 5.26 Å². The van der Waals surface area contributed by atoms with E-state index in [-0.39, 0.29) is 12.6 Å². The van der Waals surface area contributed by atoms with Crippen molar-refractivity contribution in [3.8, 4) is 6.07 Å². The summed E-state index contributed by atoms with van der Waals surface area (Å²) in [5.41, 5.74) is 0.615. The Hall–Kier alpha value is -1.60. The van der Waals surface area contributed by atoms with Crippen molar-refractivity contribution in [2.24, 2.45) is 5.92 Å². The van der Waals surface area contributed by atoms with E-state index in [1.54, 1.807) is 18.3 Å². The molecule has 1 fully saturated rings. The van der Waals surface area contributed by atoms with Gasteiger partial charge in [0.1, 0.15) is 5.82 Å². The van der Waals surface area contributed by atoms with E-state index in [0.29, 0.717) is 11.5 Å². The van der Waals surface area contributed by atoms with Crippen molar-refractivity contribution < 1.29 is 5.11 Å². The van der Waals surface area contributed by atoms with Gasteiger partial charge in [-0.05, 0) is 37.3 Å².